The molecule has 1 aromatic carbocycles. The molecule has 2 aromatic heterocycles. The maximum atomic E-state index is 13.0. The van der Waals surface area contributed by atoms with Crippen LogP contribution in [-0.4, -0.2) is 33.1 Å². The number of aromatic nitrogens is 3. The molecule has 0 atom stereocenters. The molecular weight excluding hydrogens is 470 g/mol. The minimum absolute atomic E-state index is 0.0549. The Hall–Kier alpha value is -2.72. The first kappa shape index (κ1) is 22.0. The van der Waals surface area contributed by atoms with Gasteiger partial charge in [0, 0.05) is 29.8 Å². The van der Waals surface area contributed by atoms with Crippen LogP contribution in [0.4, 0.5) is 10.8 Å². The molecular formula is C20H22BrN5O3S. The summed E-state index contributed by atoms with van der Waals surface area (Å²) in [7, 11) is 0. The predicted octanol–water partition coefficient (Wildman–Crippen LogP) is 3.05. The maximum absolute atomic E-state index is 13.0. The van der Waals surface area contributed by atoms with Crippen LogP contribution in [0.15, 0.2) is 51.0 Å². The van der Waals surface area contributed by atoms with Gasteiger partial charge in [-0.1, -0.05) is 39.4 Å². The molecule has 0 aliphatic carbocycles. The van der Waals surface area contributed by atoms with Gasteiger partial charge in [-0.2, -0.15) is 0 Å². The second-order valence-electron chi connectivity index (χ2n) is 6.45. The van der Waals surface area contributed by atoms with Crippen LogP contribution in [0.25, 0.3) is 10.3 Å². The summed E-state index contributed by atoms with van der Waals surface area (Å²) in [5, 5.41) is 3.41. The van der Waals surface area contributed by atoms with Gasteiger partial charge in [0.2, 0.25) is 5.91 Å². The third-order valence-electron chi connectivity index (χ3n) is 4.51. The van der Waals surface area contributed by atoms with Crippen molar-refractivity contribution >= 4 is 54.3 Å². The van der Waals surface area contributed by atoms with Crippen LogP contribution >= 0.6 is 27.3 Å². The number of hydrogen-bond donors (Lipinski definition) is 1. The summed E-state index contributed by atoms with van der Waals surface area (Å²) < 4.78 is 3.49. The van der Waals surface area contributed by atoms with Gasteiger partial charge in [0.05, 0.1) is 0 Å². The summed E-state index contributed by atoms with van der Waals surface area (Å²) in [4.78, 5) is 45.1. The van der Waals surface area contributed by atoms with Crippen molar-refractivity contribution in [3.63, 3.8) is 0 Å². The number of carbonyl (C=O) groups excluding carboxylic acids is 1. The lowest BCUT2D eigenvalue weighted by Crippen LogP contribution is -2.41. The van der Waals surface area contributed by atoms with Gasteiger partial charge in [0.15, 0.2) is 10.8 Å². The van der Waals surface area contributed by atoms with Crippen LogP contribution in [0.3, 0.4) is 0 Å². The van der Waals surface area contributed by atoms with Crippen LogP contribution in [0.2, 0.25) is 0 Å². The molecule has 30 heavy (non-hydrogen) atoms. The van der Waals surface area contributed by atoms with Crippen molar-refractivity contribution in [1.29, 1.82) is 0 Å². The molecule has 0 unspecified atom stereocenters. The molecule has 0 aliphatic rings. The van der Waals surface area contributed by atoms with E-state index in [-0.39, 0.29) is 18.7 Å². The summed E-state index contributed by atoms with van der Waals surface area (Å²) in [5.41, 5.74) is -0.190. The highest BCUT2D eigenvalue weighted by Crippen LogP contribution is 2.25. The SMILES string of the molecule is C=CCn1c(=O)c2sc(N(CC)CC)nc2n(CC(=O)Nc2cccc(Br)c2)c1=O. The fraction of sp³-hybridized carbons (Fsp3) is 0.300. The lowest BCUT2D eigenvalue weighted by molar-refractivity contribution is -0.116. The number of allylic oxidation sites excluding steroid dienone is 1. The van der Waals surface area contributed by atoms with Crippen molar-refractivity contribution in [3.05, 3.63) is 62.2 Å². The van der Waals surface area contributed by atoms with E-state index in [2.05, 4.69) is 32.8 Å². The number of fused-ring (bicyclic) bond motifs is 1. The third kappa shape index (κ3) is 4.39. The Morgan fingerprint density at radius 2 is 2.03 bits per heavy atom. The molecule has 1 amide bonds. The molecule has 158 valence electrons. The van der Waals surface area contributed by atoms with Crippen LogP contribution in [0.1, 0.15) is 13.8 Å². The number of thiazole rings is 1. The quantitative estimate of drug-likeness (QED) is 0.489. The smallest absolute Gasteiger partial charge is 0.333 e. The van der Waals surface area contributed by atoms with Crippen molar-refractivity contribution < 1.29 is 4.79 Å². The third-order valence-corrected chi connectivity index (χ3v) is 6.10. The number of nitrogens with zero attached hydrogens (tertiary/aromatic N) is 4. The van der Waals surface area contributed by atoms with Crippen molar-refractivity contribution in [2.75, 3.05) is 23.3 Å². The molecule has 0 aliphatic heterocycles. The van der Waals surface area contributed by atoms with Crippen molar-refractivity contribution in [1.82, 2.24) is 14.1 Å². The van der Waals surface area contributed by atoms with Crippen LogP contribution in [0, 0.1) is 0 Å². The number of benzene rings is 1. The average Bonchev–Trinajstić information content (AvgIpc) is 3.15. The van der Waals surface area contributed by atoms with Gasteiger partial charge in [0.1, 0.15) is 11.2 Å². The fourth-order valence-electron chi connectivity index (χ4n) is 3.04. The first-order valence-corrected chi connectivity index (χ1v) is 11.1. The maximum Gasteiger partial charge on any atom is 0.333 e. The molecule has 3 rings (SSSR count). The first-order chi connectivity index (χ1) is 14.4. The summed E-state index contributed by atoms with van der Waals surface area (Å²) in [6.45, 7) is 8.82. The van der Waals surface area contributed by atoms with Gasteiger partial charge < -0.3 is 10.2 Å². The van der Waals surface area contributed by atoms with E-state index in [0.717, 1.165) is 9.04 Å². The molecule has 0 radical (unpaired) electrons. The molecule has 10 heteroatoms. The Morgan fingerprint density at radius 3 is 2.67 bits per heavy atom. The average molecular weight is 492 g/mol. The molecule has 2 heterocycles. The molecule has 8 nitrogen and oxygen atoms in total. The minimum Gasteiger partial charge on any atom is -0.349 e. The standard InChI is InChI=1S/C20H22BrN5O3S/c1-4-10-25-18(28)16-17(23-19(30-16)24(5-2)6-3)26(20(25)29)12-15(27)22-14-9-7-8-13(21)11-14/h4,7-9,11H,1,5-6,10,12H2,2-3H3,(H,22,27). The van der Waals surface area contributed by atoms with Gasteiger partial charge >= 0.3 is 5.69 Å². The fourth-order valence-corrected chi connectivity index (χ4v) is 4.59. The Morgan fingerprint density at radius 1 is 1.30 bits per heavy atom. The summed E-state index contributed by atoms with van der Waals surface area (Å²) >= 11 is 4.59. The Kier molecular flexibility index (Phi) is 6.88. The molecule has 0 saturated carbocycles. The number of anilines is 2. The van der Waals surface area contributed by atoms with Gasteiger partial charge in [-0.05, 0) is 32.0 Å². The lowest BCUT2D eigenvalue weighted by Gasteiger charge is -2.16. The monoisotopic (exact) mass is 491 g/mol. The summed E-state index contributed by atoms with van der Waals surface area (Å²) in [5.74, 6) is -0.391. The number of halogens is 1. The molecule has 0 spiro atoms. The van der Waals surface area contributed by atoms with Crippen LogP contribution < -0.4 is 21.5 Å². The number of hydrogen-bond acceptors (Lipinski definition) is 6. The zero-order valence-electron chi connectivity index (χ0n) is 16.7. The number of carbonyl (C=O) groups is 1. The molecule has 1 N–H and O–H groups in total. The van der Waals surface area contributed by atoms with Gasteiger partial charge in [0.25, 0.3) is 5.56 Å². The van der Waals surface area contributed by atoms with E-state index in [1.165, 1.54) is 22.0 Å². The highest BCUT2D eigenvalue weighted by molar-refractivity contribution is 9.10. The highest BCUT2D eigenvalue weighted by atomic mass is 79.9. The van der Waals surface area contributed by atoms with Crippen molar-refractivity contribution in [2.45, 2.75) is 26.9 Å². The van der Waals surface area contributed by atoms with E-state index in [0.29, 0.717) is 28.6 Å². The predicted molar refractivity (Wildman–Crippen MR) is 125 cm³/mol. The van der Waals surface area contributed by atoms with Gasteiger partial charge in [-0.25, -0.2) is 9.78 Å². The molecule has 3 aromatic rings. The number of rotatable bonds is 8. The van der Waals surface area contributed by atoms with E-state index in [4.69, 9.17) is 0 Å². The Balaban J connectivity index is 2.09. The van der Waals surface area contributed by atoms with E-state index in [1.807, 2.05) is 24.8 Å². The summed E-state index contributed by atoms with van der Waals surface area (Å²) in [6.07, 6.45) is 1.48. The number of amides is 1. The van der Waals surface area contributed by atoms with Crippen molar-refractivity contribution in [2.24, 2.45) is 0 Å². The minimum atomic E-state index is -0.590. The molecule has 0 saturated heterocycles. The Labute approximate surface area is 185 Å². The second-order valence-corrected chi connectivity index (χ2v) is 8.35. The first-order valence-electron chi connectivity index (χ1n) is 9.45. The van der Waals surface area contributed by atoms with E-state index >= 15 is 0 Å². The topological polar surface area (TPSA) is 89.2 Å². The lowest BCUT2D eigenvalue weighted by atomic mass is 10.3. The second kappa shape index (κ2) is 9.40. The Bertz CT molecular complexity index is 1210. The molecule has 0 bridgehead atoms. The largest absolute Gasteiger partial charge is 0.349 e. The van der Waals surface area contributed by atoms with E-state index in [1.54, 1.807) is 18.2 Å². The van der Waals surface area contributed by atoms with E-state index in [9.17, 15) is 14.4 Å². The van der Waals surface area contributed by atoms with Crippen LogP contribution in [0.5, 0.6) is 0 Å². The zero-order chi connectivity index (χ0) is 21.8. The zero-order valence-corrected chi connectivity index (χ0v) is 19.1. The highest BCUT2D eigenvalue weighted by Gasteiger charge is 2.20. The van der Waals surface area contributed by atoms with Crippen LogP contribution in [-0.2, 0) is 17.9 Å². The van der Waals surface area contributed by atoms with E-state index < -0.39 is 17.2 Å². The summed E-state index contributed by atoms with van der Waals surface area (Å²) in [6, 6.07) is 7.15. The van der Waals surface area contributed by atoms with Gasteiger partial charge in [-0.15, -0.1) is 6.58 Å². The number of nitrogens with one attached hydrogen (secondary N) is 1. The van der Waals surface area contributed by atoms with Gasteiger partial charge in [-0.3, -0.25) is 18.7 Å². The van der Waals surface area contributed by atoms with Crippen molar-refractivity contribution in [3.8, 4) is 0 Å². The normalized spacial score (nSPS) is 10.9. The molecule has 0 fully saturated rings.